The predicted molar refractivity (Wildman–Crippen MR) is 90.0 cm³/mol. The Morgan fingerprint density at radius 1 is 1.29 bits per heavy atom. The number of hydrogen-bond donors (Lipinski definition) is 0. The maximum atomic E-state index is 12.8. The molecule has 0 unspecified atom stereocenters. The first kappa shape index (κ1) is 19.4. The summed E-state index contributed by atoms with van der Waals surface area (Å²) in [7, 11) is 1.51. The first-order valence-electron chi connectivity index (χ1n) is 8.13. The first-order valence-corrected chi connectivity index (χ1v) is 8.13. The van der Waals surface area contributed by atoms with Crippen LogP contribution in [0.5, 0.6) is 5.75 Å². The Morgan fingerprint density at radius 2 is 2.11 bits per heavy atom. The van der Waals surface area contributed by atoms with Crippen LogP contribution < -0.4 is 4.74 Å². The lowest BCUT2D eigenvalue weighted by atomic mass is 10.2. The van der Waals surface area contributed by atoms with Crippen LogP contribution in [0.3, 0.4) is 0 Å². The van der Waals surface area contributed by atoms with Crippen LogP contribution in [0.15, 0.2) is 47.1 Å². The maximum Gasteiger partial charge on any atom is 0.406 e. The normalized spacial score (nSPS) is 11.4. The van der Waals surface area contributed by atoms with E-state index < -0.39 is 25.2 Å². The predicted octanol–water partition coefficient (Wildman–Crippen LogP) is 2.53. The highest BCUT2D eigenvalue weighted by molar-refractivity contribution is 5.75. The van der Waals surface area contributed by atoms with E-state index in [1.807, 2.05) is 0 Å². The molecule has 1 aromatic carbocycles. The van der Waals surface area contributed by atoms with Gasteiger partial charge in [0.1, 0.15) is 24.6 Å². The van der Waals surface area contributed by atoms with Crippen LogP contribution in [-0.4, -0.2) is 50.8 Å². The van der Waals surface area contributed by atoms with E-state index in [0.717, 1.165) is 4.80 Å². The third-order valence-electron chi connectivity index (χ3n) is 3.71. The van der Waals surface area contributed by atoms with Gasteiger partial charge in [0, 0.05) is 5.56 Å². The van der Waals surface area contributed by atoms with Gasteiger partial charge in [-0.2, -0.15) is 18.0 Å². The summed E-state index contributed by atoms with van der Waals surface area (Å²) in [5.41, 5.74) is 0.598. The molecule has 0 spiro atoms. The molecule has 0 fully saturated rings. The van der Waals surface area contributed by atoms with Gasteiger partial charge in [-0.25, -0.2) is 0 Å². The molecule has 0 atom stereocenters. The Balaban J connectivity index is 1.73. The Hall–Kier alpha value is -3.37. The molecule has 8 nitrogen and oxygen atoms in total. The van der Waals surface area contributed by atoms with Gasteiger partial charge < -0.3 is 14.1 Å². The minimum Gasteiger partial charge on any atom is -0.497 e. The Bertz CT molecular complexity index is 924. The van der Waals surface area contributed by atoms with Crippen molar-refractivity contribution in [1.82, 2.24) is 25.1 Å². The van der Waals surface area contributed by atoms with Gasteiger partial charge >= 0.3 is 6.18 Å². The molecule has 11 heteroatoms. The summed E-state index contributed by atoms with van der Waals surface area (Å²) in [6.45, 7) is -2.22. The van der Waals surface area contributed by atoms with Gasteiger partial charge in [-0.15, -0.1) is 10.2 Å². The molecule has 0 bridgehead atoms. The number of methoxy groups -OCH3 is 1. The summed E-state index contributed by atoms with van der Waals surface area (Å²) >= 11 is 0. The number of amides is 1. The van der Waals surface area contributed by atoms with Crippen molar-refractivity contribution >= 4 is 5.91 Å². The average Bonchev–Trinajstić information content (AvgIpc) is 3.32. The van der Waals surface area contributed by atoms with Crippen molar-refractivity contribution < 1.29 is 27.1 Å². The lowest BCUT2D eigenvalue weighted by molar-refractivity contribution is -0.163. The van der Waals surface area contributed by atoms with Crippen LogP contribution in [0.2, 0.25) is 0 Å². The number of tetrazole rings is 1. The van der Waals surface area contributed by atoms with Crippen molar-refractivity contribution in [2.24, 2.45) is 0 Å². The zero-order valence-electron chi connectivity index (χ0n) is 14.8. The fraction of sp³-hybridized carbons (Fsp3) is 0.294. The number of carbonyl (C=O) groups excluding carboxylic acids is 1. The van der Waals surface area contributed by atoms with E-state index >= 15 is 0 Å². The topological polar surface area (TPSA) is 86.3 Å². The van der Waals surface area contributed by atoms with Gasteiger partial charge in [0.05, 0.1) is 19.9 Å². The smallest absolute Gasteiger partial charge is 0.406 e. The van der Waals surface area contributed by atoms with E-state index in [1.165, 1.54) is 25.5 Å². The van der Waals surface area contributed by atoms with Crippen LogP contribution in [0.4, 0.5) is 13.2 Å². The molecule has 0 saturated heterocycles. The van der Waals surface area contributed by atoms with Crippen LogP contribution >= 0.6 is 0 Å². The van der Waals surface area contributed by atoms with Crippen molar-refractivity contribution in [2.75, 3.05) is 13.7 Å². The number of ether oxygens (including phenoxy) is 1. The highest BCUT2D eigenvalue weighted by Crippen LogP contribution is 2.21. The van der Waals surface area contributed by atoms with E-state index in [1.54, 1.807) is 24.3 Å². The SMILES string of the molecule is COc1cccc(-c2nnn(CC(=O)N(Cc3ccco3)CC(F)(F)F)n2)c1. The third-order valence-corrected chi connectivity index (χ3v) is 3.71. The number of alkyl halides is 3. The van der Waals surface area contributed by atoms with E-state index in [2.05, 4.69) is 15.4 Å². The Labute approximate surface area is 157 Å². The molecule has 2 aromatic heterocycles. The first-order chi connectivity index (χ1) is 13.3. The van der Waals surface area contributed by atoms with Crippen LogP contribution in [-0.2, 0) is 17.9 Å². The summed E-state index contributed by atoms with van der Waals surface area (Å²) < 4.78 is 48.7. The molecule has 0 saturated carbocycles. The van der Waals surface area contributed by atoms with E-state index in [0.29, 0.717) is 16.2 Å². The molecule has 0 aliphatic rings. The van der Waals surface area contributed by atoms with Gasteiger partial charge in [0.15, 0.2) is 0 Å². The quantitative estimate of drug-likeness (QED) is 0.611. The molecule has 2 heterocycles. The molecular formula is C17H16F3N5O3. The summed E-state index contributed by atoms with van der Waals surface area (Å²) in [6, 6.07) is 9.89. The second-order valence-corrected chi connectivity index (χ2v) is 5.82. The molecule has 3 aromatic rings. The summed E-state index contributed by atoms with van der Waals surface area (Å²) in [5.74, 6) is 0.226. The zero-order chi connectivity index (χ0) is 20.1. The van der Waals surface area contributed by atoms with Gasteiger partial charge in [0.2, 0.25) is 11.7 Å². The number of carbonyl (C=O) groups is 1. The molecule has 0 N–H and O–H groups in total. The highest BCUT2D eigenvalue weighted by Gasteiger charge is 2.33. The number of benzene rings is 1. The van der Waals surface area contributed by atoms with Gasteiger partial charge in [-0.05, 0) is 29.5 Å². The maximum absolute atomic E-state index is 12.8. The Kier molecular flexibility index (Phi) is 5.62. The second kappa shape index (κ2) is 8.11. The van der Waals surface area contributed by atoms with Crippen molar-refractivity contribution in [3.63, 3.8) is 0 Å². The fourth-order valence-corrected chi connectivity index (χ4v) is 2.45. The molecule has 148 valence electrons. The van der Waals surface area contributed by atoms with Gasteiger partial charge in [0.25, 0.3) is 0 Å². The average molecular weight is 395 g/mol. The standard InChI is InChI=1S/C17H16F3N5O3/c1-27-13-5-2-4-12(8-13)16-21-23-25(22-16)10-15(26)24(11-17(18,19)20)9-14-6-3-7-28-14/h2-8H,9-11H2,1H3. The lowest BCUT2D eigenvalue weighted by Crippen LogP contribution is -2.40. The molecule has 0 radical (unpaired) electrons. The zero-order valence-corrected chi connectivity index (χ0v) is 14.8. The highest BCUT2D eigenvalue weighted by atomic mass is 19.4. The van der Waals surface area contributed by atoms with Crippen molar-refractivity contribution in [3.8, 4) is 17.1 Å². The minimum atomic E-state index is -4.55. The minimum absolute atomic E-state index is 0.222. The molecule has 28 heavy (non-hydrogen) atoms. The van der Waals surface area contributed by atoms with Crippen LogP contribution in [0.25, 0.3) is 11.4 Å². The van der Waals surface area contributed by atoms with Crippen molar-refractivity contribution in [3.05, 3.63) is 48.4 Å². The molecule has 0 aliphatic carbocycles. The van der Waals surface area contributed by atoms with E-state index in [-0.39, 0.29) is 18.1 Å². The van der Waals surface area contributed by atoms with Crippen molar-refractivity contribution in [1.29, 1.82) is 0 Å². The number of nitrogens with zero attached hydrogens (tertiary/aromatic N) is 5. The van der Waals surface area contributed by atoms with E-state index in [9.17, 15) is 18.0 Å². The van der Waals surface area contributed by atoms with Crippen molar-refractivity contribution in [2.45, 2.75) is 19.3 Å². The molecule has 0 aliphatic heterocycles. The largest absolute Gasteiger partial charge is 0.497 e. The summed E-state index contributed by atoms with van der Waals surface area (Å²) in [4.78, 5) is 14.0. The number of rotatable bonds is 7. The molecule has 1 amide bonds. The fourth-order valence-electron chi connectivity index (χ4n) is 2.45. The van der Waals surface area contributed by atoms with Gasteiger partial charge in [-0.1, -0.05) is 12.1 Å². The van der Waals surface area contributed by atoms with Crippen LogP contribution in [0.1, 0.15) is 5.76 Å². The third kappa shape index (κ3) is 5.09. The van der Waals surface area contributed by atoms with Gasteiger partial charge in [-0.3, -0.25) is 4.79 Å². The van der Waals surface area contributed by atoms with Crippen LogP contribution in [0, 0.1) is 0 Å². The summed E-state index contributed by atoms with van der Waals surface area (Å²) in [5, 5.41) is 11.6. The monoisotopic (exact) mass is 395 g/mol. The molecular weight excluding hydrogens is 379 g/mol. The lowest BCUT2D eigenvalue weighted by Gasteiger charge is -2.22. The summed E-state index contributed by atoms with van der Waals surface area (Å²) in [6.07, 6.45) is -3.23. The number of furan rings is 1. The molecule has 3 rings (SSSR count). The number of halogens is 3. The number of aromatic nitrogens is 4. The Morgan fingerprint density at radius 3 is 2.79 bits per heavy atom. The number of hydrogen-bond acceptors (Lipinski definition) is 6. The van der Waals surface area contributed by atoms with E-state index in [4.69, 9.17) is 9.15 Å². The second-order valence-electron chi connectivity index (χ2n) is 5.82.